The average molecular weight is 836 g/mol. The van der Waals surface area contributed by atoms with Crippen molar-refractivity contribution in [3.63, 3.8) is 0 Å². The van der Waals surface area contributed by atoms with E-state index in [-0.39, 0.29) is 11.4 Å². The SMILES string of the molecule is C[n+]1ccc(SCC2=C(C(=O)O)N3C(=O)[C@@H](NC(=O)C(NC(=O)OC(C)(C)C)c4csc(NC(c5ccccc5)(c5ccccc5)c5ccccc5)n4)[C@H]3SC2)cc1. The summed E-state index contributed by atoms with van der Waals surface area (Å²) in [5, 5.41) is 20.9. The highest BCUT2D eigenvalue weighted by atomic mass is 32.2. The number of hydrogen-bond acceptors (Lipinski definition) is 10. The monoisotopic (exact) mass is 835 g/mol. The molecule has 4 N–H and O–H groups in total. The largest absolute Gasteiger partial charge is 0.477 e. The van der Waals surface area contributed by atoms with Crippen LogP contribution in [0.3, 0.4) is 0 Å². The quantitative estimate of drug-likeness (QED) is 0.0450. The Kier molecular flexibility index (Phi) is 11.9. The zero-order chi connectivity index (χ0) is 41.0. The van der Waals surface area contributed by atoms with Crippen molar-refractivity contribution in [2.75, 3.05) is 16.8 Å². The lowest BCUT2D eigenvalue weighted by Crippen LogP contribution is -2.71. The lowest BCUT2D eigenvalue weighted by atomic mass is 9.77. The number of β-lactam (4-membered cyclic amide) rings is 1. The Morgan fingerprint density at radius 1 is 0.931 bits per heavy atom. The van der Waals surface area contributed by atoms with Gasteiger partial charge in [-0.1, -0.05) is 91.0 Å². The first-order chi connectivity index (χ1) is 27.8. The van der Waals surface area contributed by atoms with Crippen LogP contribution in [0, 0.1) is 0 Å². The second-order valence-corrected chi connectivity index (χ2v) is 17.8. The van der Waals surface area contributed by atoms with E-state index in [1.165, 1.54) is 39.8 Å². The number of pyridine rings is 1. The van der Waals surface area contributed by atoms with Crippen molar-refractivity contribution in [2.45, 2.75) is 54.3 Å². The number of aromatic nitrogens is 2. The molecule has 1 saturated heterocycles. The van der Waals surface area contributed by atoms with Crippen LogP contribution in [-0.4, -0.2) is 67.4 Å². The highest BCUT2D eigenvalue weighted by molar-refractivity contribution is 8.01. The van der Waals surface area contributed by atoms with Crippen LogP contribution in [0.2, 0.25) is 0 Å². The van der Waals surface area contributed by atoms with E-state index in [0.717, 1.165) is 21.6 Å². The number of amides is 3. The maximum atomic E-state index is 14.2. The maximum Gasteiger partial charge on any atom is 0.408 e. The lowest BCUT2D eigenvalue weighted by Gasteiger charge is -2.49. The van der Waals surface area contributed by atoms with Gasteiger partial charge >= 0.3 is 12.1 Å². The molecule has 0 bridgehead atoms. The minimum Gasteiger partial charge on any atom is -0.477 e. The number of hydrogen-bond donors (Lipinski definition) is 4. The summed E-state index contributed by atoms with van der Waals surface area (Å²) in [4.78, 5) is 60.8. The first kappa shape index (κ1) is 40.6. The van der Waals surface area contributed by atoms with Crippen LogP contribution in [0.15, 0.2) is 137 Å². The molecule has 58 heavy (non-hydrogen) atoms. The summed E-state index contributed by atoms with van der Waals surface area (Å²) < 4.78 is 7.45. The molecule has 12 nitrogen and oxygen atoms in total. The fourth-order valence-corrected chi connectivity index (χ4v) is 10.1. The Morgan fingerprint density at radius 2 is 1.50 bits per heavy atom. The first-order valence-electron chi connectivity index (χ1n) is 18.5. The zero-order valence-corrected chi connectivity index (χ0v) is 34.7. The van der Waals surface area contributed by atoms with E-state index in [1.807, 2.05) is 127 Å². The number of alkyl carbamates (subject to hydrolysis) is 1. The highest BCUT2D eigenvalue weighted by Gasteiger charge is 2.54. The van der Waals surface area contributed by atoms with Gasteiger partial charge in [-0.2, -0.15) is 0 Å². The molecule has 3 amide bonds. The summed E-state index contributed by atoms with van der Waals surface area (Å²) >= 11 is 4.14. The highest BCUT2D eigenvalue weighted by Crippen LogP contribution is 2.43. The number of carbonyl (C=O) groups excluding carboxylic acids is 3. The Morgan fingerprint density at radius 3 is 2.03 bits per heavy atom. The summed E-state index contributed by atoms with van der Waals surface area (Å²) in [7, 11) is 1.92. The second kappa shape index (κ2) is 17.1. The molecule has 0 radical (unpaired) electrons. The van der Waals surface area contributed by atoms with Gasteiger partial charge in [0.05, 0.1) is 5.69 Å². The number of carboxylic acid groups (broad SMARTS) is 1. The number of carboxylic acids is 1. The first-order valence-corrected chi connectivity index (χ1v) is 21.4. The number of nitrogens with one attached hydrogen (secondary N) is 3. The van der Waals surface area contributed by atoms with Crippen molar-refractivity contribution in [1.29, 1.82) is 0 Å². The summed E-state index contributed by atoms with van der Waals surface area (Å²) in [6, 6.07) is 31.5. The molecule has 3 atom stereocenters. The number of rotatable bonds is 13. The third-order valence-electron chi connectivity index (χ3n) is 9.56. The van der Waals surface area contributed by atoms with Crippen LogP contribution in [0.1, 0.15) is 49.2 Å². The molecular formula is C43H43N6O6S3+. The molecule has 4 heterocycles. The predicted octanol–water partition coefficient (Wildman–Crippen LogP) is 6.47. The summed E-state index contributed by atoms with van der Waals surface area (Å²) in [5.41, 5.74) is 1.87. The number of benzene rings is 3. The van der Waals surface area contributed by atoms with Crippen molar-refractivity contribution in [1.82, 2.24) is 20.5 Å². The van der Waals surface area contributed by atoms with Gasteiger partial charge in [0.2, 0.25) is 5.91 Å². The molecule has 0 aliphatic carbocycles. The number of thiazole rings is 1. The Balaban J connectivity index is 1.16. The number of carbonyl (C=O) groups is 4. The maximum absolute atomic E-state index is 14.2. The van der Waals surface area contributed by atoms with E-state index in [0.29, 0.717) is 22.2 Å². The minimum absolute atomic E-state index is 0.0642. The molecule has 0 saturated carbocycles. The van der Waals surface area contributed by atoms with E-state index in [2.05, 4.69) is 16.0 Å². The van der Waals surface area contributed by atoms with E-state index in [9.17, 15) is 24.3 Å². The molecule has 3 aromatic carbocycles. The zero-order valence-electron chi connectivity index (χ0n) is 32.2. The van der Waals surface area contributed by atoms with Crippen LogP contribution >= 0.6 is 34.9 Å². The lowest BCUT2D eigenvalue weighted by molar-refractivity contribution is -0.671. The van der Waals surface area contributed by atoms with Crippen molar-refractivity contribution in [3.05, 3.63) is 155 Å². The van der Waals surface area contributed by atoms with Crippen LogP contribution in [0.25, 0.3) is 0 Å². The normalized spacial score (nSPS) is 17.1. The van der Waals surface area contributed by atoms with Gasteiger partial charge in [0.1, 0.15) is 35.3 Å². The molecule has 1 unspecified atom stereocenters. The van der Waals surface area contributed by atoms with Crippen LogP contribution < -0.4 is 20.5 Å². The van der Waals surface area contributed by atoms with Crippen molar-refractivity contribution in [3.8, 4) is 0 Å². The number of aliphatic carboxylic acids is 1. The van der Waals surface area contributed by atoms with Gasteiger partial charge in [-0.15, -0.1) is 34.9 Å². The summed E-state index contributed by atoms with van der Waals surface area (Å²) in [5.74, 6) is -1.70. The molecular weight excluding hydrogens is 793 g/mol. The standard InChI is InChI=1S/C43H42N6O6S3/c1-42(2,3)55-41(54)46-33(36(50)45-34-37(51)49-35(39(52)53)27(25-57-38(34)49)24-56-31-20-22-48(4)23-21-31)32-26-58-40(44-32)47-43(28-14-8-5-9-15-28,29-16-10-6-11-17-29)30-18-12-7-13-19-30/h5-23,26,33-34,38H,24-25H2,1-4H3,(H3-,44,45,46,47,50,52,53,54)/p+1/t33?,34-,38-/m1/s1. The van der Waals surface area contributed by atoms with Gasteiger partial charge < -0.3 is 25.8 Å². The van der Waals surface area contributed by atoms with Crippen molar-refractivity contribution in [2.24, 2.45) is 7.05 Å². The topological polar surface area (TPSA) is 154 Å². The number of nitrogens with zero attached hydrogens (tertiary/aromatic N) is 3. The molecule has 2 aliphatic heterocycles. The molecule has 5 aromatic rings. The van der Waals surface area contributed by atoms with E-state index in [4.69, 9.17) is 9.72 Å². The van der Waals surface area contributed by atoms with Crippen molar-refractivity contribution < 1.29 is 33.6 Å². The third kappa shape index (κ3) is 8.61. The molecule has 2 aliphatic rings. The van der Waals surface area contributed by atoms with Gasteiger partial charge in [0.15, 0.2) is 23.6 Å². The molecule has 15 heteroatoms. The van der Waals surface area contributed by atoms with Crippen LogP contribution in [-0.2, 0) is 31.7 Å². The van der Waals surface area contributed by atoms with Gasteiger partial charge in [-0.05, 0) is 43.0 Å². The average Bonchev–Trinajstić information content (AvgIpc) is 3.68. The van der Waals surface area contributed by atoms with E-state index >= 15 is 0 Å². The van der Waals surface area contributed by atoms with Gasteiger partial charge in [-0.25, -0.2) is 19.1 Å². The second-order valence-electron chi connectivity index (χ2n) is 14.8. The number of thioether (sulfide) groups is 2. The Hall–Kier alpha value is -5.64. The summed E-state index contributed by atoms with van der Waals surface area (Å²) in [6.45, 7) is 5.14. The minimum atomic E-state index is -1.36. The fraction of sp³-hybridized carbons (Fsp3) is 0.256. The molecule has 7 rings (SSSR count). The van der Waals surface area contributed by atoms with E-state index in [1.54, 1.807) is 26.2 Å². The molecule has 298 valence electrons. The van der Waals surface area contributed by atoms with E-state index < -0.39 is 52.5 Å². The molecule has 2 aromatic heterocycles. The van der Waals surface area contributed by atoms with Gasteiger partial charge in [-0.3, -0.25) is 14.5 Å². The number of ether oxygens (including phenoxy) is 1. The molecule has 1 fully saturated rings. The summed E-state index contributed by atoms with van der Waals surface area (Å²) in [6.07, 6.45) is 2.98. The third-order valence-corrected chi connectivity index (χ3v) is 12.8. The predicted molar refractivity (Wildman–Crippen MR) is 225 cm³/mol. The van der Waals surface area contributed by atoms with Gasteiger partial charge in [0, 0.05) is 33.9 Å². The molecule has 0 spiro atoms. The fourth-order valence-electron chi connectivity index (χ4n) is 6.90. The number of fused-ring (bicyclic) bond motifs is 1. The number of anilines is 1. The number of aryl methyl sites for hydroxylation is 1. The Bertz CT molecular complexity index is 2220. The van der Waals surface area contributed by atoms with Gasteiger partial charge in [0.25, 0.3) is 5.91 Å². The van der Waals surface area contributed by atoms with Crippen LogP contribution in [0.4, 0.5) is 9.93 Å². The van der Waals surface area contributed by atoms with Crippen molar-refractivity contribution >= 4 is 63.9 Å². The Labute approximate surface area is 349 Å². The van der Waals surface area contributed by atoms with Crippen LogP contribution in [0.5, 0.6) is 0 Å². The smallest absolute Gasteiger partial charge is 0.408 e.